The number of hydrogen-bond acceptors (Lipinski definition) is 3. The number of nitrogens with zero attached hydrogens (tertiary/aromatic N) is 3. The Morgan fingerprint density at radius 1 is 0.939 bits per heavy atom. The van der Waals surface area contributed by atoms with E-state index in [0.29, 0.717) is 36.1 Å². The molecular formula is C25H21F4N3O. The number of aromatic nitrogens is 2. The summed E-state index contributed by atoms with van der Waals surface area (Å²) in [5.74, 6) is -0.395. The van der Waals surface area contributed by atoms with Crippen molar-refractivity contribution in [3.8, 4) is 5.69 Å². The Kier molecular flexibility index (Phi) is 5.22. The van der Waals surface area contributed by atoms with Crippen molar-refractivity contribution in [1.29, 1.82) is 0 Å². The summed E-state index contributed by atoms with van der Waals surface area (Å²) in [5, 5.41) is 15.7. The highest BCUT2D eigenvalue weighted by atomic mass is 19.4. The zero-order valence-corrected chi connectivity index (χ0v) is 17.6. The Hall–Kier alpha value is -3.23. The quantitative estimate of drug-likeness (QED) is 0.442. The number of rotatable bonds is 4. The minimum Gasteiger partial charge on any atom is -0.375 e. The van der Waals surface area contributed by atoms with E-state index in [0.717, 1.165) is 11.1 Å². The molecule has 1 unspecified atom stereocenters. The molecule has 170 valence electrons. The predicted molar refractivity (Wildman–Crippen MR) is 116 cm³/mol. The standard InChI is InChI=1S/C25H21F4N3O/c26-21-6-8-22(9-7-21)32-23-10-5-20(13-19(23)14-30-32)24(33,25(27,28)29)16-31-12-11-17-3-1-2-4-18(17)15-31/h1-10,13-14,33H,11-12,15-16H2. The van der Waals surface area contributed by atoms with Gasteiger partial charge in [0.1, 0.15) is 5.82 Å². The molecule has 1 atom stereocenters. The van der Waals surface area contributed by atoms with E-state index in [1.807, 2.05) is 24.3 Å². The maximum Gasteiger partial charge on any atom is 0.422 e. The molecule has 3 aromatic carbocycles. The van der Waals surface area contributed by atoms with Gasteiger partial charge in [-0.05, 0) is 59.5 Å². The van der Waals surface area contributed by atoms with Gasteiger partial charge in [-0.2, -0.15) is 18.3 Å². The van der Waals surface area contributed by atoms with Crippen LogP contribution in [0.15, 0.2) is 72.9 Å². The van der Waals surface area contributed by atoms with Crippen molar-refractivity contribution < 1.29 is 22.7 Å². The SMILES string of the molecule is OC(CN1CCc2ccccc2C1)(c1ccc2c(cnn2-c2ccc(F)cc2)c1)C(F)(F)F. The summed E-state index contributed by atoms with van der Waals surface area (Å²) in [7, 11) is 0. The summed E-state index contributed by atoms with van der Waals surface area (Å²) in [6.45, 7) is 0.210. The van der Waals surface area contributed by atoms with Gasteiger partial charge >= 0.3 is 6.18 Å². The summed E-state index contributed by atoms with van der Waals surface area (Å²) >= 11 is 0. The van der Waals surface area contributed by atoms with Crippen LogP contribution in [0.25, 0.3) is 16.6 Å². The zero-order valence-electron chi connectivity index (χ0n) is 17.6. The molecule has 5 rings (SSSR count). The molecule has 0 saturated heterocycles. The van der Waals surface area contributed by atoms with E-state index < -0.39 is 24.1 Å². The second kappa shape index (κ2) is 7.97. The molecule has 0 spiro atoms. The molecule has 2 heterocycles. The summed E-state index contributed by atoms with van der Waals surface area (Å²) in [5.41, 5.74) is -0.0342. The van der Waals surface area contributed by atoms with Crippen LogP contribution < -0.4 is 0 Å². The van der Waals surface area contributed by atoms with Crippen molar-refractivity contribution in [3.63, 3.8) is 0 Å². The van der Waals surface area contributed by atoms with Gasteiger partial charge in [-0.25, -0.2) is 9.07 Å². The van der Waals surface area contributed by atoms with E-state index in [9.17, 15) is 22.7 Å². The van der Waals surface area contributed by atoms with E-state index in [1.165, 1.54) is 53.3 Å². The molecule has 4 aromatic rings. The van der Waals surface area contributed by atoms with E-state index >= 15 is 0 Å². The summed E-state index contributed by atoms with van der Waals surface area (Å²) in [4.78, 5) is 1.64. The lowest BCUT2D eigenvalue weighted by Gasteiger charge is -2.38. The second-order valence-electron chi connectivity index (χ2n) is 8.39. The van der Waals surface area contributed by atoms with Crippen LogP contribution in [0.3, 0.4) is 0 Å². The summed E-state index contributed by atoms with van der Waals surface area (Å²) in [6, 6.07) is 17.4. The number of benzene rings is 3. The fourth-order valence-corrected chi connectivity index (χ4v) is 4.44. The van der Waals surface area contributed by atoms with Crippen LogP contribution in [-0.2, 0) is 18.6 Å². The molecule has 8 heteroatoms. The van der Waals surface area contributed by atoms with E-state index in [1.54, 1.807) is 4.90 Å². The van der Waals surface area contributed by atoms with Gasteiger partial charge < -0.3 is 5.11 Å². The summed E-state index contributed by atoms with van der Waals surface area (Å²) in [6.07, 6.45) is -2.80. The molecule has 0 radical (unpaired) electrons. The monoisotopic (exact) mass is 455 g/mol. The van der Waals surface area contributed by atoms with Crippen molar-refractivity contribution >= 4 is 10.9 Å². The third kappa shape index (κ3) is 3.89. The van der Waals surface area contributed by atoms with Crippen LogP contribution in [0.4, 0.5) is 17.6 Å². The van der Waals surface area contributed by atoms with Crippen molar-refractivity contribution in [2.75, 3.05) is 13.1 Å². The average Bonchev–Trinajstić information content (AvgIpc) is 3.22. The van der Waals surface area contributed by atoms with Gasteiger partial charge in [-0.15, -0.1) is 0 Å². The normalized spacial score (nSPS) is 16.5. The molecule has 0 bridgehead atoms. The Morgan fingerprint density at radius 3 is 2.39 bits per heavy atom. The van der Waals surface area contributed by atoms with Gasteiger partial charge in [0.15, 0.2) is 5.60 Å². The van der Waals surface area contributed by atoms with Crippen LogP contribution >= 0.6 is 0 Å². The van der Waals surface area contributed by atoms with Crippen molar-refractivity contribution in [2.45, 2.75) is 24.7 Å². The third-order valence-electron chi connectivity index (χ3n) is 6.25. The Balaban J connectivity index is 1.49. The first-order chi connectivity index (χ1) is 15.7. The van der Waals surface area contributed by atoms with E-state index in [-0.39, 0.29) is 5.56 Å². The first-order valence-corrected chi connectivity index (χ1v) is 10.6. The highest BCUT2D eigenvalue weighted by molar-refractivity contribution is 5.81. The molecule has 0 aliphatic carbocycles. The first-order valence-electron chi connectivity index (χ1n) is 10.6. The Labute approximate surface area is 187 Å². The third-order valence-corrected chi connectivity index (χ3v) is 6.25. The molecule has 0 saturated carbocycles. The second-order valence-corrected chi connectivity index (χ2v) is 8.39. The number of alkyl halides is 3. The zero-order chi connectivity index (χ0) is 23.2. The van der Waals surface area contributed by atoms with Crippen LogP contribution in [0.5, 0.6) is 0 Å². The highest BCUT2D eigenvalue weighted by Gasteiger charge is 2.56. The van der Waals surface area contributed by atoms with Gasteiger partial charge in [0, 0.05) is 25.0 Å². The smallest absolute Gasteiger partial charge is 0.375 e. The summed E-state index contributed by atoms with van der Waals surface area (Å²) < 4.78 is 57.4. The lowest BCUT2D eigenvalue weighted by molar-refractivity contribution is -0.272. The predicted octanol–water partition coefficient (Wildman–Crippen LogP) is 4.97. The number of aliphatic hydroxyl groups is 1. The van der Waals surface area contributed by atoms with Gasteiger partial charge in [0.2, 0.25) is 0 Å². The molecular weight excluding hydrogens is 434 g/mol. The van der Waals surface area contributed by atoms with Gasteiger partial charge in [0.05, 0.1) is 17.4 Å². The van der Waals surface area contributed by atoms with Crippen molar-refractivity contribution in [1.82, 2.24) is 14.7 Å². The lowest BCUT2D eigenvalue weighted by Crippen LogP contribution is -2.52. The Bertz CT molecular complexity index is 1300. The molecule has 0 amide bonds. The van der Waals surface area contributed by atoms with Gasteiger partial charge in [-0.1, -0.05) is 30.3 Å². The minimum atomic E-state index is -4.87. The Morgan fingerprint density at radius 2 is 1.67 bits per heavy atom. The lowest BCUT2D eigenvalue weighted by atomic mass is 9.90. The topological polar surface area (TPSA) is 41.3 Å². The highest BCUT2D eigenvalue weighted by Crippen LogP contribution is 2.41. The van der Waals surface area contributed by atoms with Crippen LogP contribution in [0.2, 0.25) is 0 Å². The number of β-amino-alcohol motifs (C(OH)–C–C–N with tert-alkyl or cyclic N) is 1. The van der Waals surface area contributed by atoms with E-state index in [2.05, 4.69) is 5.10 Å². The fraction of sp³-hybridized carbons (Fsp3) is 0.240. The maximum absolute atomic E-state index is 14.2. The fourth-order valence-electron chi connectivity index (χ4n) is 4.44. The number of halogens is 4. The molecule has 1 aliphatic rings. The van der Waals surface area contributed by atoms with Crippen LogP contribution in [0, 0.1) is 5.82 Å². The molecule has 0 fully saturated rings. The minimum absolute atomic E-state index is 0.236. The number of fused-ring (bicyclic) bond motifs is 2. The molecule has 1 aromatic heterocycles. The molecule has 1 aliphatic heterocycles. The molecule has 1 N–H and O–H groups in total. The molecule has 33 heavy (non-hydrogen) atoms. The van der Waals surface area contributed by atoms with Crippen molar-refractivity contribution in [2.24, 2.45) is 0 Å². The average molecular weight is 455 g/mol. The first kappa shape index (κ1) is 21.6. The maximum atomic E-state index is 14.2. The van der Waals surface area contributed by atoms with Crippen molar-refractivity contribution in [3.05, 3.63) is 95.4 Å². The largest absolute Gasteiger partial charge is 0.422 e. The van der Waals surface area contributed by atoms with E-state index in [4.69, 9.17) is 0 Å². The van der Waals surface area contributed by atoms with Crippen LogP contribution in [-0.4, -0.2) is 39.1 Å². The molecule has 4 nitrogen and oxygen atoms in total. The number of hydrogen-bond donors (Lipinski definition) is 1. The van der Waals surface area contributed by atoms with Gasteiger partial charge in [-0.3, -0.25) is 4.90 Å². The van der Waals surface area contributed by atoms with Crippen LogP contribution in [0.1, 0.15) is 16.7 Å². The van der Waals surface area contributed by atoms with Gasteiger partial charge in [0.25, 0.3) is 0 Å².